The van der Waals surface area contributed by atoms with Gasteiger partial charge >= 0.3 is 6.09 Å². The van der Waals surface area contributed by atoms with Gasteiger partial charge in [0.2, 0.25) is 5.91 Å². The van der Waals surface area contributed by atoms with Gasteiger partial charge in [0.1, 0.15) is 17.5 Å². The number of hydrogen-bond acceptors (Lipinski definition) is 4. The molecule has 2 aromatic rings. The Morgan fingerprint density at radius 1 is 1.10 bits per heavy atom. The van der Waals surface area contributed by atoms with Crippen LogP contribution in [0.15, 0.2) is 42.5 Å². The highest BCUT2D eigenvalue weighted by Crippen LogP contribution is 2.26. The Labute approximate surface area is 180 Å². The fourth-order valence-corrected chi connectivity index (χ4v) is 3.40. The predicted molar refractivity (Wildman–Crippen MR) is 112 cm³/mol. The lowest BCUT2D eigenvalue weighted by Gasteiger charge is -2.22. The standard InChI is InChI=1S/C23H26FN3O4/c1-23(2,3)31-22(30)26-19(20(25)28)11-14-4-5-16-12-27(13-17(16)10-14)21(29)15-6-8-18(24)9-7-15/h4-10,19H,11-13H2,1-3H3,(H2,25,28)(H,26,30)/t19-/m0/s1. The van der Waals surface area contributed by atoms with E-state index in [1.54, 1.807) is 25.7 Å². The number of nitrogens with one attached hydrogen (secondary N) is 1. The van der Waals surface area contributed by atoms with E-state index in [4.69, 9.17) is 10.5 Å². The van der Waals surface area contributed by atoms with E-state index < -0.39 is 29.5 Å². The van der Waals surface area contributed by atoms with E-state index >= 15 is 0 Å². The largest absolute Gasteiger partial charge is 0.444 e. The van der Waals surface area contributed by atoms with Crippen molar-refractivity contribution in [1.29, 1.82) is 0 Å². The lowest BCUT2D eigenvalue weighted by Crippen LogP contribution is -2.47. The number of benzene rings is 2. The van der Waals surface area contributed by atoms with Gasteiger partial charge < -0.3 is 20.7 Å². The summed E-state index contributed by atoms with van der Waals surface area (Å²) in [6.45, 7) is 6.03. The average Bonchev–Trinajstić information content (AvgIpc) is 3.09. The van der Waals surface area contributed by atoms with Crippen molar-refractivity contribution in [2.75, 3.05) is 0 Å². The van der Waals surface area contributed by atoms with Gasteiger partial charge in [0.25, 0.3) is 5.91 Å². The Morgan fingerprint density at radius 3 is 2.35 bits per heavy atom. The van der Waals surface area contributed by atoms with E-state index in [2.05, 4.69) is 5.32 Å². The van der Waals surface area contributed by atoms with Crippen molar-refractivity contribution in [3.8, 4) is 0 Å². The third kappa shape index (κ3) is 5.81. The molecule has 1 heterocycles. The number of nitrogens with two attached hydrogens (primary N) is 1. The number of halogens is 1. The topological polar surface area (TPSA) is 102 Å². The maximum Gasteiger partial charge on any atom is 0.408 e. The highest BCUT2D eigenvalue weighted by atomic mass is 19.1. The Hall–Kier alpha value is -3.42. The van der Waals surface area contributed by atoms with E-state index in [1.807, 2.05) is 18.2 Å². The van der Waals surface area contributed by atoms with Gasteiger partial charge in [-0.05, 0) is 61.7 Å². The molecule has 1 atom stereocenters. The van der Waals surface area contributed by atoms with Crippen molar-refractivity contribution in [2.45, 2.75) is 51.9 Å². The molecular weight excluding hydrogens is 401 g/mol. The van der Waals surface area contributed by atoms with Crippen LogP contribution in [0.1, 0.15) is 47.8 Å². The minimum atomic E-state index is -0.925. The van der Waals surface area contributed by atoms with Gasteiger partial charge in [0.15, 0.2) is 0 Å². The average molecular weight is 427 g/mol. The lowest BCUT2D eigenvalue weighted by molar-refractivity contribution is -0.120. The zero-order valence-electron chi connectivity index (χ0n) is 17.8. The van der Waals surface area contributed by atoms with Crippen molar-refractivity contribution < 1.29 is 23.5 Å². The van der Waals surface area contributed by atoms with Gasteiger partial charge in [-0.3, -0.25) is 9.59 Å². The van der Waals surface area contributed by atoms with Crippen molar-refractivity contribution in [3.05, 3.63) is 70.5 Å². The number of nitrogens with zero attached hydrogens (tertiary/aromatic N) is 1. The molecule has 1 aliphatic heterocycles. The first-order valence-electron chi connectivity index (χ1n) is 9.96. The minimum absolute atomic E-state index is 0.181. The van der Waals surface area contributed by atoms with E-state index in [-0.39, 0.29) is 12.3 Å². The molecular formula is C23H26FN3O4. The van der Waals surface area contributed by atoms with Gasteiger partial charge in [0.05, 0.1) is 0 Å². The maximum atomic E-state index is 13.1. The molecule has 0 saturated heterocycles. The summed E-state index contributed by atoms with van der Waals surface area (Å²) in [6, 6.07) is 10.2. The summed E-state index contributed by atoms with van der Waals surface area (Å²) in [4.78, 5) is 38.2. The fraction of sp³-hybridized carbons (Fsp3) is 0.348. The molecule has 0 unspecified atom stereocenters. The first kappa shape index (κ1) is 22.3. The number of hydrogen-bond donors (Lipinski definition) is 2. The fourth-order valence-electron chi connectivity index (χ4n) is 3.40. The van der Waals surface area contributed by atoms with E-state index in [9.17, 15) is 18.8 Å². The second-order valence-electron chi connectivity index (χ2n) is 8.58. The summed E-state index contributed by atoms with van der Waals surface area (Å²) >= 11 is 0. The Bertz CT molecular complexity index is 999. The number of carbonyl (C=O) groups is 3. The maximum absolute atomic E-state index is 13.1. The van der Waals surface area contributed by atoms with Gasteiger partial charge in [-0.1, -0.05) is 18.2 Å². The molecule has 0 saturated carbocycles. The monoisotopic (exact) mass is 427 g/mol. The third-order valence-corrected chi connectivity index (χ3v) is 4.85. The lowest BCUT2D eigenvalue weighted by atomic mass is 10.0. The molecule has 0 aliphatic carbocycles. The summed E-state index contributed by atoms with van der Waals surface area (Å²) in [5, 5.41) is 2.51. The molecule has 0 fully saturated rings. The number of carbonyl (C=O) groups excluding carboxylic acids is 3. The van der Waals surface area contributed by atoms with E-state index in [0.717, 1.165) is 16.7 Å². The van der Waals surface area contributed by atoms with E-state index in [0.29, 0.717) is 18.7 Å². The molecule has 0 spiro atoms. The summed E-state index contributed by atoms with van der Waals surface area (Å²) in [6.07, 6.45) is -0.512. The summed E-state index contributed by atoms with van der Waals surface area (Å²) in [7, 11) is 0. The van der Waals surface area contributed by atoms with Gasteiger partial charge in [-0.25, -0.2) is 9.18 Å². The molecule has 0 radical (unpaired) electrons. The summed E-state index contributed by atoms with van der Waals surface area (Å²) in [5.41, 5.74) is 7.93. The molecule has 7 nitrogen and oxygen atoms in total. The number of amides is 3. The molecule has 3 rings (SSSR count). The SMILES string of the molecule is CC(C)(C)OC(=O)N[C@@H](Cc1ccc2c(c1)CN(C(=O)c1ccc(F)cc1)C2)C(N)=O. The highest BCUT2D eigenvalue weighted by Gasteiger charge is 2.26. The molecule has 31 heavy (non-hydrogen) atoms. The Balaban J connectivity index is 1.68. The number of alkyl carbamates (subject to hydrolysis) is 1. The molecule has 0 aromatic heterocycles. The van der Waals surface area contributed by atoms with Crippen molar-refractivity contribution in [2.24, 2.45) is 5.73 Å². The van der Waals surface area contributed by atoms with Crippen molar-refractivity contribution in [1.82, 2.24) is 10.2 Å². The number of ether oxygens (including phenoxy) is 1. The van der Waals surface area contributed by atoms with Crippen LogP contribution in [-0.2, 0) is 29.0 Å². The highest BCUT2D eigenvalue weighted by molar-refractivity contribution is 5.94. The second-order valence-corrected chi connectivity index (χ2v) is 8.58. The van der Waals surface area contributed by atoms with Crippen LogP contribution in [0, 0.1) is 5.82 Å². The predicted octanol–water partition coefficient (Wildman–Crippen LogP) is 2.90. The first-order valence-corrected chi connectivity index (χ1v) is 9.96. The van der Waals surface area contributed by atoms with E-state index in [1.165, 1.54) is 24.3 Å². The molecule has 164 valence electrons. The normalized spacial score (nSPS) is 14.0. The number of primary amides is 1. The van der Waals surface area contributed by atoms with Crippen LogP contribution < -0.4 is 11.1 Å². The zero-order valence-corrected chi connectivity index (χ0v) is 17.8. The van der Waals surface area contributed by atoms with Gasteiger partial charge in [-0.15, -0.1) is 0 Å². The third-order valence-electron chi connectivity index (χ3n) is 4.85. The number of rotatable bonds is 5. The molecule has 0 bridgehead atoms. The van der Waals surface area contributed by atoms with Crippen LogP contribution in [0.2, 0.25) is 0 Å². The molecule has 3 amide bonds. The molecule has 2 aromatic carbocycles. The molecule has 8 heteroatoms. The van der Waals surface area contributed by atoms with Crippen LogP contribution in [0.3, 0.4) is 0 Å². The minimum Gasteiger partial charge on any atom is -0.444 e. The van der Waals surface area contributed by atoms with Crippen LogP contribution in [0.5, 0.6) is 0 Å². The zero-order chi connectivity index (χ0) is 22.8. The molecule has 1 aliphatic rings. The van der Waals surface area contributed by atoms with Crippen molar-refractivity contribution in [3.63, 3.8) is 0 Å². The Morgan fingerprint density at radius 2 is 1.74 bits per heavy atom. The Kier molecular flexibility index (Phi) is 6.29. The second kappa shape index (κ2) is 8.75. The van der Waals surface area contributed by atoms with Gasteiger partial charge in [-0.2, -0.15) is 0 Å². The summed E-state index contributed by atoms with van der Waals surface area (Å²) < 4.78 is 18.3. The number of fused-ring (bicyclic) bond motifs is 1. The molecule has 3 N–H and O–H groups in total. The quantitative estimate of drug-likeness (QED) is 0.766. The van der Waals surface area contributed by atoms with Crippen LogP contribution in [0.4, 0.5) is 9.18 Å². The van der Waals surface area contributed by atoms with Crippen LogP contribution >= 0.6 is 0 Å². The van der Waals surface area contributed by atoms with Gasteiger partial charge in [0, 0.05) is 25.1 Å². The summed E-state index contributed by atoms with van der Waals surface area (Å²) in [5.74, 6) is -1.24. The first-order chi connectivity index (χ1) is 14.5. The van der Waals surface area contributed by atoms with Crippen molar-refractivity contribution >= 4 is 17.9 Å². The van der Waals surface area contributed by atoms with Crippen LogP contribution in [0.25, 0.3) is 0 Å². The smallest absolute Gasteiger partial charge is 0.408 e. The van der Waals surface area contributed by atoms with Crippen LogP contribution in [-0.4, -0.2) is 34.5 Å².